The molecule has 0 spiro atoms. The van der Waals surface area contributed by atoms with Crippen molar-refractivity contribution >= 4 is 28.4 Å². The van der Waals surface area contributed by atoms with E-state index in [-0.39, 0.29) is 23.1 Å². The highest BCUT2D eigenvalue weighted by atomic mass is 16.1. The highest BCUT2D eigenvalue weighted by Gasteiger charge is 2.26. The van der Waals surface area contributed by atoms with E-state index in [4.69, 9.17) is 10.7 Å². The van der Waals surface area contributed by atoms with Crippen LogP contribution in [0.3, 0.4) is 0 Å². The highest BCUT2D eigenvalue weighted by Crippen LogP contribution is 2.18. The first-order valence-electron chi connectivity index (χ1n) is 10.4. The molecule has 0 aliphatic carbocycles. The molecule has 1 amide bonds. The van der Waals surface area contributed by atoms with Crippen LogP contribution in [0.2, 0.25) is 0 Å². The zero-order valence-corrected chi connectivity index (χ0v) is 17.9. The fourth-order valence-corrected chi connectivity index (χ4v) is 3.84. The first-order chi connectivity index (χ1) is 14.9. The molecule has 1 aromatic carbocycles. The molecule has 0 fully saturated rings. The van der Waals surface area contributed by atoms with Crippen molar-refractivity contribution in [1.82, 2.24) is 14.7 Å². The molecule has 3 N–H and O–H groups in total. The molecule has 0 aliphatic rings. The third kappa shape index (κ3) is 3.74. The van der Waals surface area contributed by atoms with E-state index in [2.05, 4.69) is 5.32 Å². The zero-order chi connectivity index (χ0) is 22.1. The summed E-state index contributed by atoms with van der Waals surface area (Å²) in [5.41, 5.74) is 9.55. The lowest BCUT2D eigenvalue weighted by atomic mass is 10.1. The molecule has 4 rings (SSSR count). The van der Waals surface area contributed by atoms with Gasteiger partial charge in [-0.3, -0.25) is 14.0 Å². The molecule has 3 heterocycles. The molecule has 158 valence electrons. The molecule has 0 aliphatic heterocycles. The number of nitrogens with two attached hydrogens (primary N) is 1. The molecule has 0 saturated heterocycles. The van der Waals surface area contributed by atoms with Gasteiger partial charge in [0.15, 0.2) is 0 Å². The summed E-state index contributed by atoms with van der Waals surface area (Å²) in [6.07, 6.45) is 2.39. The van der Waals surface area contributed by atoms with Crippen LogP contribution in [0.5, 0.6) is 0 Å². The molecule has 3 aromatic heterocycles. The molecule has 0 bridgehead atoms. The predicted molar refractivity (Wildman–Crippen MR) is 121 cm³/mol. The Morgan fingerprint density at radius 3 is 2.65 bits per heavy atom. The van der Waals surface area contributed by atoms with Crippen LogP contribution in [0.25, 0.3) is 16.7 Å². The minimum Gasteiger partial charge on any atom is -0.351 e. The topological polar surface area (TPSA) is 93.4 Å². The van der Waals surface area contributed by atoms with Crippen LogP contribution in [0.4, 0.5) is 5.82 Å². The molecule has 0 radical (unpaired) electrons. The van der Waals surface area contributed by atoms with Crippen molar-refractivity contribution in [1.29, 1.82) is 0 Å². The lowest BCUT2D eigenvalue weighted by Crippen LogP contribution is -2.44. The number of nitrogen functional groups attached to an aromatic ring is 1. The lowest BCUT2D eigenvalue weighted by molar-refractivity contribution is -0.679. The minimum absolute atomic E-state index is 0.0852. The van der Waals surface area contributed by atoms with E-state index < -0.39 is 0 Å². The number of carbonyl (C=O) groups excluding carboxylic acids is 1. The number of amides is 1. The minimum atomic E-state index is -0.307. The van der Waals surface area contributed by atoms with E-state index in [1.165, 1.54) is 4.40 Å². The summed E-state index contributed by atoms with van der Waals surface area (Å²) < 4.78 is 3.27. The highest BCUT2D eigenvalue weighted by molar-refractivity contribution is 6.00. The van der Waals surface area contributed by atoms with Gasteiger partial charge in [0.05, 0.1) is 6.04 Å². The summed E-state index contributed by atoms with van der Waals surface area (Å²) in [7, 11) is 0. The zero-order valence-electron chi connectivity index (χ0n) is 17.9. The van der Waals surface area contributed by atoms with E-state index in [0.29, 0.717) is 35.5 Å². The molecule has 31 heavy (non-hydrogen) atoms. The van der Waals surface area contributed by atoms with Crippen molar-refractivity contribution in [3.8, 4) is 0 Å². The van der Waals surface area contributed by atoms with Gasteiger partial charge < -0.3 is 11.1 Å². The number of hydrogen-bond acceptors (Lipinski definition) is 4. The van der Waals surface area contributed by atoms with E-state index in [1.807, 2.05) is 63.2 Å². The van der Waals surface area contributed by atoms with Crippen LogP contribution in [-0.2, 0) is 6.42 Å². The Hall–Kier alpha value is -3.74. The summed E-state index contributed by atoms with van der Waals surface area (Å²) in [5, 5.41) is 3.28. The van der Waals surface area contributed by atoms with Gasteiger partial charge in [-0.2, -0.15) is 0 Å². The Kier molecular flexibility index (Phi) is 5.42. The summed E-state index contributed by atoms with van der Waals surface area (Å²) in [4.78, 5) is 30.9. The van der Waals surface area contributed by atoms with Crippen LogP contribution in [0.1, 0.15) is 41.4 Å². The molecule has 4 aromatic rings. The second kappa shape index (κ2) is 8.18. The van der Waals surface area contributed by atoms with Gasteiger partial charge in [0.2, 0.25) is 11.5 Å². The van der Waals surface area contributed by atoms with Gasteiger partial charge in [-0.05, 0) is 44.9 Å². The number of nitrogens with zero attached hydrogens (tertiary/aromatic N) is 3. The maximum Gasteiger partial charge on any atom is 0.278 e. The monoisotopic (exact) mass is 416 g/mol. The van der Waals surface area contributed by atoms with Crippen molar-refractivity contribution in [2.24, 2.45) is 0 Å². The van der Waals surface area contributed by atoms with Crippen LogP contribution < -0.4 is 21.2 Å². The average molecular weight is 417 g/mol. The maximum absolute atomic E-state index is 13.2. The number of pyridine rings is 2. The van der Waals surface area contributed by atoms with E-state index in [9.17, 15) is 9.59 Å². The molecular weight excluding hydrogens is 390 g/mol. The molecule has 7 nitrogen and oxygen atoms in total. The number of carbonyl (C=O) groups is 1. The fraction of sp³-hybridized carbons (Fsp3) is 0.250. The number of benzene rings is 1. The largest absolute Gasteiger partial charge is 0.351 e. The van der Waals surface area contributed by atoms with Gasteiger partial charge in [0.1, 0.15) is 10.9 Å². The van der Waals surface area contributed by atoms with Crippen molar-refractivity contribution < 1.29 is 9.36 Å². The summed E-state index contributed by atoms with van der Waals surface area (Å²) in [5.74, 6) is -0.0111. The third-order valence-corrected chi connectivity index (χ3v) is 5.42. The van der Waals surface area contributed by atoms with Crippen LogP contribution in [0.15, 0.2) is 59.5 Å². The van der Waals surface area contributed by atoms with Gasteiger partial charge >= 0.3 is 0 Å². The van der Waals surface area contributed by atoms with E-state index >= 15 is 0 Å². The molecule has 7 heteroatoms. The third-order valence-electron chi connectivity index (χ3n) is 5.42. The normalized spacial score (nSPS) is 11.4. The Bertz CT molecular complexity index is 1340. The molecule has 0 saturated carbocycles. The van der Waals surface area contributed by atoms with E-state index in [0.717, 1.165) is 11.1 Å². The number of fused-ring (bicyclic) bond motifs is 2. The Morgan fingerprint density at radius 2 is 1.94 bits per heavy atom. The van der Waals surface area contributed by atoms with Gasteiger partial charge in [-0.1, -0.05) is 41.4 Å². The summed E-state index contributed by atoms with van der Waals surface area (Å²) in [6.45, 7) is 6.28. The molecular formula is C24H26N5O2+. The van der Waals surface area contributed by atoms with Gasteiger partial charge in [0.25, 0.3) is 17.1 Å². The summed E-state index contributed by atoms with van der Waals surface area (Å²) in [6, 6.07) is 15.1. The second-order valence-corrected chi connectivity index (χ2v) is 7.94. The number of aromatic nitrogens is 3. The Labute approximate surface area is 180 Å². The quantitative estimate of drug-likeness (QED) is 0.386. The van der Waals surface area contributed by atoms with Crippen molar-refractivity contribution in [3.05, 3.63) is 81.8 Å². The van der Waals surface area contributed by atoms with Crippen LogP contribution >= 0.6 is 0 Å². The first kappa shape index (κ1) is 20.5. The lowest BCUT2D eigenvalue weighted by Gasteiger charge is -2.15. The van der Waals surface area contributed by atoms with Crippen LogP contribution in [-0.4, -0.2) is 21.8 Å². The van der Waals surface area contributed by atoms with Gasteiger partial charge in [0, 0.05) is 18.3 Å². The molecule has 0 unspecified atom stereocenters. The van der Waals surface area contributed by atoms with E-state index in [1.54, 1.807) is 16.8 Å². The van der Waals surface area contributed by atoms with Crippen molar-refractivity contribution in [2.45, 2.75) is 33.2 Å². The number of hydrogen-bond donors (Lipinski definition) is 2. The average Bonchev–Trinajstić information content (AvgIpc) is 2.75. The van der Waals surface area contributed by atoms with Gasteiger partial charge in [-0.15, -0.1) is 0 Å². The number of anilines is 1. The molecule has 0 atom stereocenters. The van der Waals surface area contributed by atoms with Crippen molar-refractivity contribution in [3.63, 3.8) is 0 Å². The Balaban J connectivity index is 1.79. The number of nitrogens with one attached hydrogen (secondary N) is 1. The number of aryl methyl sites for hydroxylation is 1. The van der Waals surface area contributed by atoms with Gasteiger partial charge in [-0.25, -0.2) is 4.57 Å². The Morgan fingerprint density at radius 1 is 1.19 bits per heavy atom. The predicted octanol–water partition coefficient (Wildman–Crippen LogP) is 2.58. The standard InChI is InChI=1S/C24H25N5O2/c1-15(2)29-20(25)18(23(30)26-12-11-17-9-5-4-6-10-17)14-19-22(29)27-21-16(3)8-7-13-28(21)24(19)31/h4-10,13-15,25H,11-12H2,1-3H3,(H,26,30)/p+1. The summed E-state index contributed by atoms with van der Waals surface area (Å²) >= 11 is 0. The first-order valence-corrected chi connectivity index (χ1v) is 10.4. The second-order valence-electron chi connectivity index (χ2n) is 7.94. The fourth-order valence-electron chi connectivity index (χ4n) is 3.84. The smallest absolute Gasteiger partial charge is 0.278 e. The SMILES string of the molecule is Cc1cccn2c(=O)c3cc(C(=O)NCCc4ccccc4)c(N)[n+](C(C)C)c3nc12. The van der Waals surface area contributed by atoms with Crippen LogP contribution in [0, 0.1) is 6.92 Å². The number of rotatable bonds is 5. The maximum atomic E-state index is 13.2. The van der Waals surface area contributed by atoms with Crippen molar-refractivity contribution in [2.75, 3.05) is 12.3 Å².